The second kappa shape index (κ2) is 8.99. The van der Waals surface area contributed by atoms with E-state index in [1.54, 1.807) is 0 Å². The second-order valence-corrected chi connectivity index (χ2v) is 11.2. The molecule has 2 heterocycles. The summed E-state index contributed by atoms with van der Waals surface area (Å²) in [4.78, 5) is 2.51. The molecule has 0 amide bonds. The van der Waals surface area contributed by atoms with E-state index in [2.05, 4.69) is 137 Å². The number of nitrogens with zero attached hydrogens (tertiary/aromatic N) is 3. The molecule has 3 nitrogen and oxygen atoms in total. The highest BCUT2D eigenvalue weighted by molar-refractivity contribution is 6.77. The van der Waals surface area contributed by atoms with Crippen molar-refractivity contribution >= 4 is 18.1 Å². The molecule has 0 aliphatic carbocycles. The standard InChI is InChI=1S/C32H39BN3/c1-20(2)26-14-11-15-27(21(3)4)31(26)33-35(9)28-19-25(29-22(5)12-10-13-23(29)6)18-24(7)30(28)32-34(8)16-17-36(32)33/h10-21H,1-9H3/q+1. The van der Waals surface area contributed by atoms with E-state index in [9.17, 15) is 0 Å². The molecular weight excluding hydrogens is 437 g/mol. The predicted molar refractivity (Wildman–Crippen MR) is 154 cm³/mol. The van der Waals surface area contributed by atoms with E-state index in [1.165, 1.54) is 61.5 Å². The Balaban J connectivity index is 1.82. The summed E-state index contributed by atoms with van der Waals surface area (Å²) in [5, 5.41) is 0. The fraction of sp³-hybridized carbons (Fsp3) is 0.344. The molecule has 0 fully saturated rings. The molecule has 1 aliphatic heterocycles. The summed E-state index contributed by atoms with van der Waals surface area (Å²) in [5.41, 5.74) is 13.6. The molecular formula is C32H39BN3+. The molecule has 0 bridgehead atoms. The minimum atomic E-state index is 0.0947. The van der Waals surface area contributed by atoms with Gasteiger partial charge in [-0.15, -0.1) is 0 Å². The van der Waals surface area contributed by atoms with E-state index >= 15 is 0 Å². The van der Waals surface area contributed by atoms with Gasteiger partial charge in [0.25, 0.3) is 5.82 Å². The Bertz CT molecular complexity index is 1410. The zero-order valence-corrected chi connectivity index (χ0v) is 23.3. The molecule has 184 valence electrons. The molecule has 0 spiro atoms. The van der Waals surface area contributed by atoms with Crippen molar-refractivity contribution in [1.82, 2.24) is 4.48 Å². The summed E-state index contributed by atoms with van der Waals surface area (Å²) in [6.07, 6.45) is 4.47. The fourth-order valence-corrected chi connectivity index (χ4v) is 6.31. The second-order valence-electron chi connectivity index (χ2n) is 11.2. The van der Waals surface area contributed by atoms with Gasteiger partial charge in [-0.1, -0.05) is 70.2 Å². The maximum absolute atomic E-state index is 2.51. The number of aryl methyl sites for hydroxylation is 4. The van der Waals surface area contributed by atoms with Crippen LogP contribution in [0.3, 0.4) is 0 Å². The molecule has 1 aromatic heterocycles. The molecule has 0 atom stereocenters. The van der Waals surface area contributed by atoms with Crippen LogP contribution >= 0.6 is 0 Å². The summed E-state index contributed by atoms with van der Waals surface area (Å²) < 4.78 is 4.78. The van der Waals surface area contributed by atoms with Crippen molar-refractivity contribution in [2.75, 3.05) is 11.9 Å². The van der Waals surface area contributed by atoms with Crippen molar-refractivity contribution < 1.29 is 4.57 Å². The largest absolute Gasteiger partial charge is 0.537 e. The van der Waals surface area contributed by atoms with Gasteiger partial charge in [-0.25, -0.2) is 4.57 Å². The minimum Gasteiger partial charge on any atom is -0.372 e. The van der Waals surface area contributed by atoms with E-state index in [1.807, 2.05) is 0 Å². The molecule has 0 radical (unpaired) electrons. The molecule has 0 saturated carbocycles. The molecule has 3 aromatic carbocycles. The quantitative estimate of drug-likeness (QED) is 0.242. The Morgan fingerprint density at radius 2 is 1.36 bits per heavy atom. The topological polar surface area (TPSA) is 12.1 Å². The number of anilines is 1. The van der Waals surface area contributed by atoms with Crippen molar-refractivity contribution in [2.45, 2.75) is 60.3 Å². The first kappa shape index (κ1) is 24.4. The van der Waals surface area contributed by atoms with E-state index < -0.39 is 0 Å². The average molecular weight is 476 g/mol. The molecule has 4 aromatic rings. The SMILES string of the molecule is Cc1cccc(C)c1-c1cc(C)c2c(c1)N(C)B(c1c(C(C)C)cccc1C(C)C)n1cc[n+](C)c1-2. The predicted octanol–water partition coefficient (Wildman–Crippen LogP) is 6.51. The summed E-state index contributed by atoms with van der Waals surface area (Å²) in [6.45, 7) is 16.1. The van der Waals surface area contributed by atoms with Crippen molar-refractivity contribution in [1.29, 1.82) is 0 Å². The van der Waals surface area contributed by atoms with E-state index in [0.29, 0.717) is 11.8 Å². The number of hydrogen-bond donors (Lipinski definition) is 0. The zero-order chi connectivity index (χ0) is 25.9. The Morgan fingerprint density at radius 3 is 1.94 bits per heavy atom. The van der Waals surface area contributed by atoms with E-state index in [-0.39, 0.29) is 6.98 Å². The van der Waals surface area contributed by atoms with Gasteiger partial charge in [-0.3, -0.25) is 4.48 Å². The number of benzene rings is 3. The van der Waals surface area contributed by atoms with E-state index in [0.717, 1.165) is 0 Å². The smallest absolute Gasteiger partial charge is 0.372 e. The Labute approximate surface area is 217 Å². The highest BCUT2D eigenvalue weighted by Gasteiger charge is 2.46. The summed E-state index contributed by atoms with van der Waals surface area (Å²) >= 11 is 0. The van der Waals surface area contributed by atoms with Crippen LogP contribution in [0.25, 0.3) is 22.5 Å². The van der Waals surface area contributed by atoms with Crippen LogP contribution in [0.2, 0.25) is 0 Å². The fourth-order valence-electron chi connectivity index (χ4n) is 6.31. The summed E-state index contributed by atoms with van der Waals surface area (Å²) in [6, 6.07) is 18.3. The van der Waals surface area contributed by atoms with Gasteiger partial charge in [0.2, 0.25) is 0 Å². The Hall–Kier alpha value is -3.27. The maximum atomic E-state index is 2.51. The highest BCUT2D eigenvalue weighted by Crippen LogP contribution is 2.41. The van der Waals surface area contributed by atoms with Gasteiger partial charge in [0.1, 0.15) is 12.4 Å². The van der Waals surface area contributed by atoms with Gasteiger partial charge in [-0.2, -0.15) is 0 Å². The lowest BCUT2D eigenvalue weighted by Gasteiger charge is -2.34. The van der Waals surface area contributed by atoms with Crippen LogP contribution in [0.4, 0.5) is 5.69 Å². The van der Waals surface area contributed by atoms with Crippen molar-refractivity contribution in [3.05, 3.63) is 88.7 Å². The van der Waals surface area contributed by atoms with Crippen LogP contribution in [-0.2, 0) is 7.05 Å². The van der Waals surface area contributed by atoms with Crippen molar-refractivity contribution in [3.63, 3.8) is 0 Å². The zero-order valence-electron chi connectivity index (χ0n) is 23.3. The van der Waals surface area contributed by atoms with Gasteiger partial charge in [-0.05, 0) is 84.7 Å². The van der Waals surface area contributed by atoms with Crippen LogP contribution in [0, 0.1) is 20.8 Å². The van der Waals surface area contributed by atoms with Gasteiger partial charge < -0.3 is 4.81 Å². The summed E-state index contributed by atoms with van der Waals surface area (Å²) in [5.74, 6) is 2.17. The van der Waals surface area contributed by atoms with E-state index in [4.69, 9.17) is 0 Å². The average Bonchev–Trinajstić information content (AvgIpc) is 3.19. The van der Waals surface area contributed by atoms with Gasteiger partial charge >= 0.3 is 6.98 Å². The first-order chi connectivity index (χ1) is 17.1. The Morgan fingerprint density at radius 1 is 0.778 bits per heavy atom. The summed E-state index contributed by atoms with van der Waals surface area (Å²) in [7, 11) is 4.45. The highest BCUT2D eigenvalue weighted by atomic mass is 15.2. The first-order valence-electron chi connectivity index (χ1n) is 13.2. The van der Waals surface area contributed by atoms with Crippen LogP contribution < -0.4 is 14.8 Å². The van der Waals surface area contributed by atoms with Crippen LogP contribution in [0.5, 0.6) is 0 Å². The lowest BCUT2D eigenvalue weighted by molar-refractivity contribution is -0.659. The van der Waals surface area contributed by atoms with Crippen molar-refractivity contribution in [2.24, 2.45) is 7.05 Å². The number of fused-ring (bicyclic) bond motifs is 3. The lowest BCUT2D eigenvalue weighted by atomic mass is 9.58. The van der Waals surface area contributed by atoms with Crippen molar-refractivity contribution in [3.8, 4) is 22.5 Å². The van der Waals surface area contributed by atoms with Gasteiger partial charge in [0, 0.05) is 11.2 Å². The Kier molecular flexibility index (Phi) is 6.10. The monoisotopic (exact) mass is 476 g/mol. The van der Waals surface area contributed by atoms with Crippen LogP contribution in [-0.4, -0.2) is 18.5 Å². The molecule has 5 rings (SSSR count). The third-order valence-corrected chi connectivity index (χ3v) is 8.02. The first-order valence-corrected chi connectivity index (χ1v) is 13.2. The third-order valence-electron chi connectivity index (χ3n) is 8.02. The maximum Gasteiger partial charge on any atom is 0.537 e. The molecule has 0 N–H and O–H groups in total. The number of hydrogen-bond acceptors (Lipinski definition) is 1. The van der Waals surface area contributed by atoms with Gasteiger partial charge in [0.05, 0.1) is 12.6 Å². The molecule has 0 saturated heterocycles. The number of aromatic nitrogens is 2. The minimum absolute atomic E-state index is 0.0947. The molecule has 4 heteroatoms. The van der Waals surface area contributed by atoms with Gasteiger partial charge in [0.15, 0.2) is 0 Å². The lowest BCUT2D eigenvalue weighted by Crippen LogP contribution is -2.58. The third kappa shape index (κ3) is 3.70. The van der Waals surface area contributed by atoms with Crippen LogP contribution in [0.1, 0.15) is 67.3 Å². The number of rotatable bonds is 4. The number of imidazole rings is 1. The normalized spacial score (nSPS) is 13.0. The molecule has 36 heavy (non-hydrogen) atoms. The molecule has 1 aliphatic rings. The van der Waals surface area contributed by atoms with Crippen LogP contribution in [0.15, 0.2) is 60.9 Å². The molecule has 0 unspecified atom stereocenters.